The molecule has 0 radical (unpaired) electrons. The molecule has 2 aliphatic heterocycles. The van der Waals surface area contributed by atoms with E-state index in [2.05, 4.69) is 60.1 Å². The van der Waals surface area contributed by atoms with Gasteiger partial charge in [0, 0.05) is 50.5 Å². The molecule has 160 valence electrons. The Bertz CT molecular complexity index is 1010. The standard InChI is InChI=1S/C23H26N6OS/c31-23-26-21(19-6-1-2-9-25-19)22(29(23)12-11-27-13-15-30-16-14-27)20-7-4-10-28(20)18-5-3-8-24-17-18/h1-10,17,21-22H,11-16H2,(H,26,31)/t21-,22-/m1/s1. The number of nitrogens with zero attached hydrogens (tertiary/aromatic N) is 5. The van der Waals surface area contributed by atoms with Crippen LogP contribution in [0, 0.1) is 0 Å². The van der Waals surface area contributed by atoms with Gasteiger partial charge in [-0.05, 0) is 48.6 Å². The molecule has 2 atom stereocenters. The summed E-state index contributed by atoms with van der Waals surface area (Å²) in [4.78, 5) is 13.7. The lowest BCUT2D eigenvalue weighted by Crippen LogP contribution is -2.42. The highest BCUT2D eigenvalue weighted by Crippen LogP contribution is 2.39. The molecule has 31 heavy (non-hydrogen) atoms. The Labute approximate surface area is 187 Å². The topological polar surface area (TPSA) is 58.5 Å². The van der Waals surface area contributed by atoms with Crippen LogP contribution in [-0.2, 0) is 4.74 Å². The molecule has 5 heterocycles. The van der Waals surface area contributed by atoms with Gasteiger partial charge in [0.2, 0.25) is 0 Å². The summed E-state index contributed by atoms with van der Waals surface area (Å²) in [5.74, 6) is 0. The van der Waals surface area contributed by atoms with Crippen LogP contribution >= 0.6 is 12.2 Å². The average Bonchev–Trinajstić information content (AvgIpc) is 3.44. The quantitative estimate of drug-likeness (QED) is 0.599. The third-order valence-electron chi connectivity index (χ3n) is 5.97. The number of hydrogen-bond donors (Lipinski definition) is 1. The lowest BCUT2D eigenvalue weighted by Gasteiger charge is -2.32. The van der Waals surface area contributed by atoms with Crippen LogP contribution in [0.5, 0.6) is 0 Å². The van der Waals surface area contributed by atoms with E-state index >= 15 is 0 Å². The second-order valence-corrected chi connectivity index (χ2v) is 8.17. The Morgan fingerprint density at radius 2 is 1.94 bits per heavy atom. The van der Waals surface area contributed by atoms with Gasteiger partial charge in [-0.3, -0.25) is 14.9 Å². The van der Waals surface area contributed by atoms with E-state index in [0.717, 1.165) is 61.6 Å². The summed E-state index contributed by atoms with van der Waals surface area (Å²) in [6, 6.07) is 14.3. The molecule has 1 N–H and O–H groups in total. The molecule has 5 rings (SSSR count). The van der Waals surface area contributed by atoms with E-state index in [-0.39, 0.29) is 12.1 Å². The van der Waals surface area contributed by atoms with Gasteiger partial charge in [0.1, 0.15) is 0 Å². The molecule has 0 spiro atoms. The van der Waals surface area contributed by atoms with Crippen LogP contribution in [0.25, 0.3) is 5.69 Å². The van der Waals surface area contributed by atoms with E-state index < -0.39 is 0 Å². The molecule has 0 aliphatic carbocycles. The molecule has 0 bridgehead atoms. The van der Waals surface area contributed by atoms with Gasteiger partial charge in [-0.1, -0.05) is 6.07 Å². The zero-order valence-electron chi connectivity index (χ0n) is 17.3. The number of rotatable bonds is 6. The van der Waals surface area contributed by atoms with Gasteiger partial charge in [-0.25, -0.2) is 0 Å². The number of nitrogens with one attached hydrogen (secondary N) is 1. The van der Waals surface area contributed by atoms with E-state index in [0.29, 0.717) is 0 Å². The van der Waals surface area contributed by atoms with Crippen LogP contribution in [0.15, 0.2) is 67.3 Å². The first-order valence-corrected chi connectivity index (χ1v) is 11.1. The molecule has 2 saturated heterocycles. The van der Waals surface area contributed by atoms with Crippen molar-refractivity contribution in [3.8, 4) is 5.69 Å². The van der Waals surface area contributed by atoms with Crippen LogP contribution in [0.2, 0.25) is 0 Å². The first-order valence-electron chi connectivity index (χ1n) is 10.7. The van der Waals surface area contributed by atoms with Crippen molar-refractivity contribution in [2.45, 2.75) is 12.1 Å². The number of thiocarbonyl (C=S) groups is 1. The summed E-state index contributed by atoms with van der Waals surface area (Å²) in [6.45, 7) is 5.32. The molecule has 0 unspecified atom stereocenters. The van der Waals surface area contributed by atoms with Gasteiger partial charge in [-0.2, -0.15) is 0 Å². The Morgan fingerprint density at radius 1 is 1.03 bits per heavy atom. The second-order valence-electron chi connectivity index (χ2n) is 7.79. The van der Waals surface area contributed by atoms with Gasteiger partial charge in [0.25, 0.3) is 0 Å². The fraction of sp³-hybridized carbons (Fsp3) is 0.348. The lowest BCUT2D eigenvalue weighted by molar-refractivity contribution is 0.0349. The summed E-state index contributed by atoms with van der Waals surface area (Å²) in [5, 5.41) is 4.32. The minimum Gasteiger partial charge on any atom is -0.379 e. The number of aromatic nitrogens is 3. The molecule has 0 saturated carbocycles. The highest BCUT2D eigenvalue weighted by atomic mass is 32.1. The van der Waals surface area contributed by atoms with E-state index in [1.165, 1.54) is 0 Å². The monoisotopic (exact) mass is 434 g/mol. The lowest BCUT2D eigenvalue weighted by atomic mass is 10.0. The van der Waals surface area contributed by atoms with Gasteiger partial charge < -0.3 is 19.5 Å². The normalized spacial score (nSPS) is 21.9. The maximum Gasteiger partial charge on any atom is 0.170 e. The molecule has 2 aliphatic rings. The van der Waals surface area contributed by atoms with E-state index in [9.17, 15) is 0 Å². The van der Waals surface area contributed by atoms with Crippen LogP contribution in [0.4, 0.5) is 0 Å². The third kappa shape index (κ3) is 4.19. The van der Waals surface area contributed by atoms with Gasteiger partial charge in [0.05, 0.1) is 42.9 Å². The molecule has 0 aromatic carbocycles. The smallest absolute Gasteiger partial charge is 0.170 e. The largest absolute Gasteiger partial charge is 0.379 e. The highest BCUT2D eigenvalue weighted by Gasteiger charge is 2.41. The molecule has 2 fully saturated rings. The number of morpholine rings is 1. The summed E-state index contributed by atoms with van der Waals surface area (Å²) >= 11 is 5.82. The van der Waals surface area contributed by atoms with E-state index in [4.69, 9.17) is 17.0 Å². The maximum atomic E-state index is 5.82. The van der Waals surface area contributed by atoms with Crippen molar-refractivity contribution >= 4 is 17.3 Å². The first kappa shape index (κ1) is 20.1. The minimum absolute atomic E-state index is 0.0243. The molecular formula is C23H26N6OS. The molecule has 8 heteroatoms. The van der Waals surface area contributed by atoms with Crippen molar-refractivity contribution in [1.29, 1.82) is 0 Å². The summed E-state index contributed by atoms with van der Waals surface area (Å²) < 4.78 is 7.70. The Kier molecular flexibility index (Phi) is 5.93. The van der Waals surface area contributed by atoms with Crippen molar-refractivity contribution in [2.24, 2.45) is 0 Å². The molecule has 3 aromatic rings. The number of pyridine rings is 2. The zero-order chi connectivity index (χ0) is 21.0. The van der Waals surface area contributed by atoms with Crippen LogP contribution in [0.1, 0.15) is 23.5 Å². The van der Waals surface area contributed by atoms with Crippen molar-refractivity contribution < 1.29 is 4.74 Å². The van der Waals surface area contributed by atoms with Gasteiger partial charge >= 0.3 is 0 Å². The van der Waals surface area contributed by atoms with Crippen molar-refractivity contribution in [3.05, 3.63) is 78.6 Å². The van der Waals surface area contributed by atoms with E-state index in [1.807, 2.05) is 30.6 Å². The van der Waals surface area contributed by atoms with Crippen molar-refractivity contribution in [1.82, 2.24) is 29.7 Å². The predicted molar refractivity (Wildman–Crippen MR) is 123 cm³/mol. The van der Waals surface area contributed by atoms with Crippen LogP contribution in [0.3, 0.4) is 0 Å². The average molecular weight is 435 g/mol. The maximum absolute atomic E-state index is 5.82. The van der Waals surface area contributed by atoms with Crippen molar-refractivity contribution in [3.63, 3.8) is 0 Å². The fourth-order valence-electron chi connectivity index (χ4n) is 4.41. The summed E-state index contributed by atoms with van der Waals surface area (Å²) in [5.41, 5.74) is 3.19. The van der Waals surface area contributed by atoms with Gasteiger partial charge in [0.15, 0.2) is 5.11 Å². The van der Waals surface area contributed by atoms with Crippen LogP contribution < -0.4 is 5.32 Å². The molecule has 3 aromatic heterocycles. The second kappa shape index (κ2) is 9.13. The van der Waals surface area contributed by atoms with E-state index in [1.54, 1.807) is 6.20 Å². The third-order valence-corrected chi connectivity index (χ3v) is 6.32. The SMILES string of the molecule is S=C1N[C@H](c2ccccn2)[C@@H](c2cccn2-c2cccnc2)N1CCN1CCOCC1. The van der Waals surface area contributed by atoms with Crippen molar-refractivity contribution in [2.75, 3.05) is 39.4 Å². The molecule has 0 amide bonds. The molecule has 7 nitrogen and oxygen atoms in total. The van der Waals surface area contributed by atoms with Crippen LogP contribution in [-0.4, -0.2) is 68.8 Å². The Balaban J connectivity index is 1.49. The number of ether oxygens (including phenoxy) is 1. The van der Waals surface area contributed by atoms with Gasteiger partial charge in [-0.15, -0.1) is 0 Å². The summed E-state index contributed by atoms with van der Waals surface area (Å²) in [6.07, 6.45) is 7.61. The summed E-state index contributed by atoms with van der Waals surface area (Å²) in [7, 11) is 0. The minimum atomic E-state index is -0.0243. The zero-order valence-corrected chi connectivity index (χ0v) is 18.1. The number of hydrogen-bond acceptors (Lipinski definition) is 5. The molecular weight excluding hydrogens is 408 g/mol. The predicted octanol–water partition coefficient (Wildman–Crippen LogP) is 2.57. The Hall–Kier alpha value is -2.81. The highest BCUT2D eigenvalue weighted by molar-refractivity contribution is 7.80. The Morgan fingerprint density at radius 3 is 2.71 bits per heavy atom. The first-order chi connectivity index (χ1) is 15.3. The fourth-order valence-corrected chi connectivity index (χ4v) is 4.74.